The summed E-state index contributed by atoms with van der Waals surface area (Å²) < 4.78 is 30.9. The number of rotatable bonds is 8. The Kier molecular flexibility index (Phi) is 7.44. The van der Waals surface area contributed by atoms with Crippen LogP contribution in [-0.4, -0.2) is 70.2 Å². The summed E-state index contributed by atoms with van der Waals surface area (Å²) in [6.45, 7) is 3.28. The fraction of sp³-hybridized carbons (Fsp3) is 0.556. The van der Waals surface area contributed by atoms with Gasteiger partial charge >= 0.3 is 5.97 Å². The van der Waals surface area contributed by atoms with E-state index >= 15 is 0 Å². The average Bonchev–Trinajstić information content (AvgIpc) is 3.29. The van der Waals surface area contributed by atoms with Gasteiger partial charge in [0, 0.05) is 13.1 Å². The van der Waals surface area contributed by atoms with Crippen LogP contribution in [0.4, 0.5) is 13.9 Å². The van der Waals surface area contributed by atoms with E-state index in [2.05, 4.69) is 20.3 Å². The van der Waals surface area contributed by atoms with Crippen LogP contribution >= 0.6 is 22.9 Å². The van der Waals surface area contributed by atoms with Crippen molar-refractivity contribution in [3.63, 3.8) is 0 Å². The number of nitrogens with one attached hydrogen (secondary N) is 2. The van der Waals surface area contributed by atoms with Crippen LogP contribution in [0.15, 0.2) is 0 Å². The first-order valence-electron chi connectivity index (χ1n) is 9.60. The van der Waals surface area contributed by atoms with Crippen molar-refractivity contribution in [3.8, 4) is 0 Å². The Labute approximate surface area is 185 Å². The molecule has 1 amide bonds. The van der Waals surface area contributed by atoms with Crippen molar-refractivity contribution in [3.05, 3.63) is 27.2 Å². The van der Waals surface area contributed by atoms with Gasteiger partial charge < -0.3 is 25.0 Å². The predicted octanol–water partition coefficient (Wildman–Crippen LogP) is 2.75. The minimum Gasteiger partial charge on any atom is -0.477 e. The smallest absolute Gasteiger partial charge is 0.347 e. The Morgan fingerprint density at radius 2 is 2.19 bits per heavy atom. The second-order valence-corrected chi connectivity index (χ2v) is 8.34. The normalized spacial score (nSPS) is 19.1. The maximum atomic E-state index is 12.8. The number of thiazole rings is 1. The zero-order valence-corrected chi connectivity index (χ0v) is 18.4. The van der Waals surface area contributed by atoms with Gasteiger partial charge in [0.2, 0.25) is 0 Å². The number of imidazole rings is 1. The fourth-order valence-corrected chi connectivity index (χ4v) is 4.51. The number of hydrogen-bond donors (Lipinski definition) is 3. The van der Waals surface area contributed by atoms with Gasteiger partial charge in [-0.25, -0.2) is 23.5 Å². The summed E-state index contributed by atoms with van der Waals surface area (Å²) in [6, 6.07) is -0.545. The fourth-order valence-electron chi connectivity index (χ4n) is 3.30. The van der Waals surface area contributed by atoms with Crippen molar-refractivity contribution in [2.45, 2.75) is 45.3 Å². The molecule has 0 radical (unpaired) electrons. The van der Waals surface area contributed by atoms with Gasteiger partial charge in [-0.1, -0.05) is 29.9 Å². The van der Waals surface area contributed by atoms with Crippen LogP contribution in [0.2, 0.25) is 5.15 Å². The Hall–Kier alpha value is -2.31. The lowest BCUT2D eigenvalue weighted by Crippen LogP contribution is -2.55. The van der Waals surface area contributed by atoms with Gasteiger partial charge in [0.15, 0.2) is 16.1 Å². The van der Waals surface area contributed by atoms with Crippen LogP contribution in [0.1, 0.15) is 45.0 Å². The Balaban J connectivity index is 1.73. The van der Waals surface area contributed by atoms with E-state index in [4.69, 9.17) is 16.3 Å². The first-order chi connectivity index (χ1) is 14.7. The zero-order chi connectivity index (χ0) is 22.7. The second kappa shape index (κ2) is 9.88. The number of anilines is 1. The summed E-state index contributed by atoms with van der Waals surface area (Å²) in [4.78, 5) is 36.9. The number of carboxylic acid groups (broad SMARTS) is 1. The number of amides is 1. The van der Waals surface area contributed by atoms with Crippen LogP contribution in [0.3, 0.4) is 0 Å². The molecule has 1 fully saturated rings. The van der Waals surface area contributed by atoms with Crippen molar-refractivity contribution in [2.75, 3.05) is 24.6 Å². The Bertz CT molecular complexity index is 954. The lowest BCUT2D eigenvalue weighted by molar-refractivity contribution is -0.0391. The summed E-state index contributed by atoms with van der Waals surface area (Å²) in [5.74, 6) is -1.54. The highest BCUT2D eigenvalue weighted by atomic mass is 35.5. The molecule has 9 nitrogen and oxygen atoms in total. The highest BCUT2D eigenvalue weighted by molar-refractivity contribution is 7.17. The minimum atomic E-state index is -2.66. The van der Waals surface area contributed by atoms with E-state index in [-0.39, 0.29) is 22.4 Å². The molecule has 0 saturated carbocycles. The van der Waals surface area contributed by atoms with Gasteiger partial charge in [0.1, 0.15) is 11.5 Å². The Morgan fingerprint density at radius 3 is 2.77 bits per heavy atom. The monoisotopic (exact) mass is 477 g/mol. The molecule has 2 aromatic heterocycles. The molecular weight excluding hydrogens is 456 g/mol. The second-order valence-electron chi connectivity index (χ2n) is 7.00. The molecule has 1 saturated heterocycles. The molecule has 0 spiro atoms. The molecule has 1 aliphatic rings. The number of halogens is 3. The van der Waals surface area contributed by atoms with Crippen LogP contribution < -0.4 is 10.2 Å². The molecule has 3 rings (SSSR count). The zero-order valence-electron chi connectivity index (χ0n) is 16.8. The number of nitrogens with zero attached hydrogens (tertiary/aromatic N) is 3. The molecule has 3 heterocycles. The molecule has 31 heavy (non-hydrogen) atoms. The standard InChI is InChI=1S/C18H22ClF2N5O4S/c1-3-9-14(19)25-15(23-9)16(27)24-10-4-5-26(6-11(10)30-7-12(20)21)18-22-8(2)13(31-18)17(28)29/h10-12H,3-7H2,1-2H3,(H,23,25)(H,24,27)(H,28,29)/t10-,11+/m0/s1. The van der Waals surface area contributed by atoms with E-state index in [1.807, 2.05) is 6.92 Å². The largest absolute Gasteiger partial charge is 0.477 e. The maximum Gasteiger partial charge on any atom is 0.347 e. The highest BCUT2D eigenvalue weighted by Crippen LogP contribution is 2.29. The first-order valence-corrected chi connectivity index (χ1v) is 10.8. The van der Waals surface area contributed by atoms with E-state index in [9.17, 15) is 23.5 Å². The van der Waals surface area contributed by atoms with Gasteiger partial charge in [-0.05, 0) is 19.8 Å². The molecule has 1 aliphatic heterocycles. The van der Waals surface area contributed by atoms with Crippen molar-refractivity contribution in [2.24, 2.45) is 0 Å². The van der Waals surface area contributed by atoms with E-state index < -0.39 is 37.1 Å². The van der Waals surface area contributed by atoms with E-state index in [1.165, 1.54) is 0 Å². The summed E-state index contributed by atoms with van der Waals surface area (Å²) in [6.07, 6.45) is -2.46. The molecule has 2 aromatic rings. The molecule has 0 aromatic carbocycles. The van der Waals surface area contributed by atoms with Crippen molar-refractivity contribution >= 4 is 39.9 Å². The van der Waals surface area contributed by atoms with Crippen LogP contribution in [0, 0.1) is 6.92 Å². The molecule has 170 valence electrons. The van der Waals surface area contributed by atoms with Gasteiger partial charge in [-0.15, -0.1) is 0 Å². The lowest BCUT2D eigenvalue weighted by atomic mass is 10.0. The van der Waals surface area contributed by atoms with E-state index in [1.54, 1.807) is 11.8 Å². The summed E-state index contributed by atoms with van der Waals surface area (Å²) in [7, 11) is 0. The third-order valence-electron chi connectivity index (χ3n) is 4.86. The number of aryl methyl sites for hydroxylation is 2. The topological polar surface area (TPSA) is 120 Å². The van der Waals surface area contributed by atoms with Gasteiger partial charge in [-0.2, -0.15) is 0 Å². The summed E-state index contributed by atoms with van der Waals surface area (Å²) in [5, 5.41) is 12.7. The number of piperidine rings is 1. The number of carbonyl (C=O) groups excluding carboxylic acids is 1. The number of aromatic amines is 1. The number of aromatic carboxylic acids is 1. The number of ether oxygens (including phenoxy) is 1. The molecule has 0 aliphatic carbocycles. The number of carboxylic acids is 1. The van der Waals surface area contributed by atoms with Crippen molar-refractivity contribution < 1.29 is 28.2 Å². The number of aromatic nitrogens is 3. The number of hydrogen-bond acceptors (Lipinski definition) is 7. The van der Waals surface area contributed by atoms with Crippen molar-refractivity contribution in [1.29, 1.82) is 0 Å². The van der Waals surface area contributed by atoms with Crippen LogP contribution in [-0.2, 0) is 11.2 Å². The van der Waals surface area contributed by atoms with Crippen LogP contribution in [0.5, 0.6) is 0 Å². The third kappa shape index (κ3) is 5.49. The third-order valence-corrected chi connectivity index (χ3v) is 6.38. The number of carbonyl (C=O) groups is 2. The van der Waals surface area contributed by atoms with Gasteiger partial charge in [0.05, 0.1) is 23.5 Å². The SMILES string of the molecule is CCc1[nH]c(C(=O)N[C@H]2CCN(c3nc(C)c(C(=O)O)s3)C[C@H]2OCC(F)F)nc1Cl. The maximum absolute atomic E-state index is 12.8. The molecule has 0 bridgehead atoms. The van der Waals surface area contributed by atoms with Crippen molar-refractivity contribution in [1.82, 2.24) is 20.3 Å². The predicted molar refractivity (Wildman–Crippen MR) is 111 cm³/mol. The quantitative estimate of drug-likeness (QED) is 0.534. The van der Waals surface area contributed by atoms with Crippen LogP contribution in [0.25, 0.3) is 0 Å². The molecule has 0 unspecified atom stereocenters. The van der Waals surface area contributed by atoms with E-state index in [0.29, 0.717) is 35.9 Å². The minimum absolute atomic E-state index is 0.0403. The molecular formula is C18H22ClF2N5O4S. The molecule has 3 N–H and O–H groups in total. The molecule has 13 heteroatoms. The molecule has 2 atom stereocenters. The average molecular weight is 478 g/mol. The highest BCUT2D eigenvalue weighted by Gasteiger charge is 2.34. The number of alkyl halides is 2. The van der Waals surface area contributed by atoms with Gasteiger partial charge in [0.25, 0.3) is 12.3 Å². The first kappa shape index (κ1) is 23.4. The summed E-state index contributed by atoms with van der Waals surface area (Å²) in [5.41, 5.74) is 1.01. The Morgan fingerprint density at radius 1 is 1.45 bits per heavy atom. The van der Waals surface area contributed by atoms with E-state index in [0.717, 1.165) is 11.3 Å². The van der Waals surface area contributed by atoms with Gasteiger partial charge in [-0.3, -0.25) is 4.79 Å². The summed E-state index contributed by atoms with van der Waals surface area (Å²) >= 11 is 7.00. The number of H-pyrrole nitrogens is 1. The lowest BCUT2D eigenvalue weighted by Gasteiger charge is -2.38.